The van der Waals surface area contributed by atoms with Crippen LogP contribution in [0.2, 0.25) is 5.02 Å². The number of pyridine rings is 1. The number of fused-ring (bicyclic) bond motifs is 1. The monoisotopic (exact) mass is 630 g/mol. The highest BCUT2D eigenvalue weighted by Gasteiger charge is 2.27. The average molecular weight is 631 g/mol. The Morgan fingerprint density at radius 2 is 1.52 bits per heavy atom. The lowest BCUT2D eigenvalue weighted by atomic mass is 9.93. The molecule has 1 aliphatic rings. The standard InChI is InChI=1S/C38H39ClN6O/c1-3-27-6-10-29(11-7-27)20-31-23-44(24-32(38(31)46)21-30-12-8-28(4-2)9-13-30)25-34-26-45(43-42-34)19-5-17-40-36-16-18-41-37-22-33(39)14-15-35(36)37/h6-16,18,20-22,26H,3-5,17,19,23-25H2,1-2H3,(H,40,41). The summed E-state index contributed by atoms with van der Waals surface area (Å²) in [6.45, 7) is 7.54. The molecule has 0 aliphatic carbocycles. The number of aromatic nitrogens is 4. The molecule has 1 saturated heterocycles. The van der Waals surface area contributed by atoms with E-state index in [2.05, 4.69) is 87.9 Å². The number of carbonyl (C=O) groups is 1. The van der Waals surface area contributed by atoms with Crippen molar-refractivity contribution >= 4 is 46.1 Å². The quantitative estimate of drug-likeness (QED) is 0.119. The molecule has 0 atom stereocenters. The lowest BCUT2D eigenvalue weighted by Crippen LogP contribution is -2.37. The molecule has 1 N–H and O–H groups in total. The van der Waals surface area contributed by atoms with Gasteiger partial charge >= 0.3 is 0 Å². The van der Waals surface area contributed by atoms with Crippen LogP contribution in [0, 0.1) is 0 Å². The zero-order chi connectivity index (χ0) is 31.9. The van der Waals surface area contributed by atoms with Crippen LogP contribution in [0.4, 0.5) is 5.69 Å². The fourth-order valence-corrected chi connectivity index (χ4v) is 5.98. The Kier molecular flexibility index (Phi) is 10.0. The van der Waals surface area contributed by atoms with Gasteiger partial charge in [-0.1, -0.05) is 79.2 Å². The van der Waals surface area contributed by atoms with Crippen LogP contribution in [-0.4, -0.2) is 50.3 Å². The van der Waals surface area contributed by atoms with Crippen molar-refractivity contribution in [1.82, 2.24) is 24.9 Å². The molecule has 0 unspecified atom stereocenters. The second-order valence-corrected chi connectivity index (χ2v) is 12.2. The summed E-state index contributed by atoms with van der Waals surface area (Å²) < 4.78 is 1.90. The van der Waals surface area contributed by atoms with E-state index in [-0.39, 0.29) is 5.78 Å². The van der Waals surface area contributed by atoms with E-state index in [1.807, 2.05) is 47.3 Å². The highest BCUT2D eigenvalue weighted by Crippen LogP contribution is 2.25. The Bertz CT molecular complexity index is 1800. The number of benzene rings is 3. The molecule has 8 heteroatoms. The van der Waals surface area contributed by atoms with Gasteiger partial charge in [-0.25, -0.2) is 0 Å². The number of Topliss-reactive ketones (excluding diaryl/α,β-unsaturated/α-hetero) is 1. The van der Waals surface area contributed by atoms with Crippen molar-refractivity contribution in [2.45, 2.75) is 46.2 Å². The second kappa shape index (κ2) is 14.7. The lowest BCUT2D eigenvalue weighted by Gasteiger charge is -2.29. The fourth-order valence-electron chi connectivity index (χ4n) is 5.81. The number of halogens is 1. The molecule has 234 valence electrons. The number of carbonyl (C=O) groups excluding carboxylic acids is 1. The van der Waals surface area contributed by atoms with Gasteiger partial charge in [0.2, 0.25) is 0 Å². The van der Waals surface area contributed by atoms with Crippen LogP contribution in [-0.2, 0) is 30.7 Å². The van der Waals surface area contributed by atoms with Gasteiger partial charge < -0.3 is 5.32 Å². The summed E-state index contributed by atoms with van der Waals surface area (Å²) in [6.07, 6.45) is 10.7. The second-order valence-electron chi connectivity index (χ2n) is 11.8. The normalized spacial score (nSPS) is 15.7. The van der Waals surface area contributed by atoms with Gasteiger partial charge in [0, 0.05) is 72.4 Å². The Labute approximate surface area is 275 Å². The number of rotatable bonds is 11. The van der Waals surface area contributed by atoms with Crippen LogP contribution in [0.5, 0.6) is 0 Å². The number of nitrogens with zero attached hydrogens (tertiary/aromatic N) is 5. The minimum absolute atomic E-state index is 0.108. The summed E-state index contributed by atoms with van der Waals surface area (Å²) >= 11 is 6.13. The fraction of sp³-hybridized carbons (Fsp3) is 0.263. The Hall–Kier alpha value is -4.59. The molecule has 0 amide bonds. The van der Waals surface area contributed by atoms with E-state index >= 15 is 0 Å². The van der Waals surface area contributed by atoms with E-state index < -0.39 is 0 Å². The summed E-state index contributed by atoms with van der Waals surface area (Å²) in [5.74, 6) is 0.108. The number of anilines is 1. The van der Waals surface area contributed by atoms with Crippen molar-refractivity contribution in [3.8, 4) is 0 Å². The van der Waals surface area contributed by atoms with Crippen LogP contribution in [0.1, 0.15) is 48.2 Å². The predicted molar refractivity (Wildman–Crippen MR) is 188 cm³/mol. The van der Waals surface area contributed by atoms with Crippen molar-refractivity contribution in [1.29, 1.82) is 0 Å². The van der Waals surface area contributed by atoms with E-state index in [9.17, 15) is 4.79 Å². The van der Waals surface area contributed by atoms with Gasteiger partial charge in [-0.05, 0) is 77.9 Å². The molecule has 2 aromatic heterocycles. The van der Waals surface area contributed by atoms with E-state index in [1.165, 1.54) is 11.1 Å². The summed E-state index contributed by atoms with van der Waals surface area (Å²) in [4.78, 5) is 20.4. The van der Waals surface area contributed by atoms with Crippen LogP contribution >= 0.6 is 11.6 Å². The number of piperidine rings is 1. The van der Waals surface area contributed by atoms with Crippen LogP contribution in [0.3, 0.4) is 0 Å². The zero-order valence-electron chi connectivity index (χ0n) is 26.4. The molecule has 7 nitrogen and oxygen atoms in total. The molecule has 5 aromatic rings. The molecular weight excluding hydrogens is 592 g/mol. The Balaban J connectivity index is 1.12. The number of likely N-dealkylation sites (tertiary alicyclic amines) is 1. The molecule has 1 fully saturated rings. The minimum atomic E-state index is 0.108. The third-order valence-corrected chi connectivity index (χ3v) is 8.62. The third kappa shape index (κ3) is 7.79. The topological polar surface area (TPSA) is 75.9 Å². The summed E-state index contributed by atoms with van der Waals surface area (Å²) in [6, 6.07) is 24.7. The number of hydrogen-bond donors (Lipinski definition) is 1. The van der Waals surface area contributed by atoms with Crippen molar-refractivity contribution in [3.05, 3.63) is 129 Å². The van der Waals surface area contributed by atoms with Gasteiger partial charge in [-0.15, -0.1) is 5.10 Å². The van der Waals surface area contributed by atoms with Crippen LogP contribution in [0.25, 0.3) is 23.1 Å². The van der Waals surface area contributed by atoms with Crippen LogP contribution in [0.15, 0.2) is 96.3 Å². The first-order chi connectivity index (χ1) is 22.5. The molecule has 0 spiro atoms. The molecule has 0 saturated carbocycles. The van der Waals surface area contributed by atoms with E-state index in [0.29, 0.717) is 24.7 Å². The van der Waals surface area contributed by atoms with E-state index in [1.54, 1.807) is 6.20 Å². The third-order valence-electron chi connectivity index (χ3n) is 8.38. The highest BCUT2D eigenvalue weighted by molar-refractivity contribution is 6.31. The molecule has 0 radical (unpaired) electrons. The van der Waals surface area contributed by atoms with Gasteiger partial charge in [0.25, 0.3) is 0 Å². The SMILES string of the molecule is CCc1ccc(C=C2CN(Cc3cn(CCCNc4ccnc5cc(Cl)ccc45)nn3)CC(=Cc3ccc(CC)cc3)C2=O)cc1. The Morgan fingerprint density at radius 3 is 2.15 bits per heavy atom. The van der Waals surface area contributed by atoms with E-state index in [4.69, 9.17) is 11.6 Å². The number of ketones is 1. The smallest absolute Gasteiger partial charge is 0.187 e. The van der Waals surface area contributed by atoms with Gasteiger partial charge in [0.05, 0.1) is 11.2 Å². The number of aryl methyl sites for hydroxylation is 3. The number of hydrogen-bond acceptors (Lipinski definition) is 6. The largest absolute Gasteiger partial charge is 0.384 e. The predicted octanol–water partition coefficient (Wildman–Crippen LogP) is 7.66. The molecule has 6 rings (SSSR count). The molecule has 3 aromatic carbocycles. The molecular formula is C38H39ClN6O. The highest BCUT2D eigenvalue weighted by atomic mass is 35.5. The van der Waals surface area contributed by atoms with Crippen molar-refractivity contribution in [3.63, 3.8) is 0 Å². The van der Waals surface area contributed by atoms with Crippen molar-refractivity contribution in [2.75, 3.05) is 25.0 Å². The lowest BCUT2D eigenvalue weighted by molar-refractivity contribution is -0.113. The van der Waals surface area contributed by atoms with Crippen LogP contribution < -0.4 is 5.32 Å². The number of nitrogens with one attached hydrogen (secondary N) is 1. The maximum Gasteiger partial charge on any atom is 0.187 e. The molecule has 1 aliphatic heterocycles. The molecule has 46 heavy (non-hydrogen) atoms. The Morgan fingerprint density at radius 1 is 0.870 bits per heavy atom. The first kappa shape index (κ1) is 31.4. The van der Waals surface area contributed by atoms with Crippen molar-refractivity contribution in [2.24, 2.45) is 0 Å². The molecule has 3 heterocycles. The minimum Gasteiger partial charge on any atom is -0.384 e. The van der Waals surface area contributed by atoms with Gasteiger partial charge in [0.1, 0.15) is 0 Å². The van der Waals surface area contributed by atoms with Crippen molar-refractivity contribution < 1.29 is 4.79 Å². The molecule has 0 bridgehead atoms. The van der Waals surface area contributed by atoms with Gasteiger partial charge in [-0.2, -0.15) is 0 Å². The average Bonchev–Trinajstić information content (AvgIpc) is 3.52. The van der Waals surface area contributed by atoms with Gasteiger partial charge in [-0.3, -0.25) is 19.4 Å². The summed E-state index contributed by atoms with van der Waals surface area (Å²) in [7, 11) is 0. The maximum atomic E-state index is 13.7. The zero-order valence-corrected chi connectivity index (χ0v) is 27.2. The van der Waals surface area contributed by atoms with E-state index in [0.717, 1.165) is 76.9 Å². The first-order valence-electron chi connectivity index (χ1n) is 16.0. The summed E-state index contributed by atoms with van der Waals surface area (Å²) in [5.41, 5.74) is 9.02. The summed E-state index contributed by atoms with van der Waals surface area (Å²) in [5, 5.41) is 14.1. The maximum absolute atomic E-state index is 13.7. The first-order valence-corrected chi connectivity index (χ1v) is 16.4. The van der Waals surface area contributed by atoms with Gasteiger partial charge in [0.15, 0.2) is 5.78 Å².